The minimum atomic E-state index is -0.525. The van der Waals surface area contributed by atoms with Gasteiger partial charge < -0.3 is 18.9 Å². The van der Waals surface area contributed by atoms with Crippen LogP contribution in [-0.2, 0) is 9.53 Å². The van der Waals surface area contributed by atoms with E-state index in [-0.39, 0.29) is 18.1 Å². The monoisotopic (exact) mass is 354 g/mol. The number of aryl methyl sites for hydroxylation is 1. The van der Waals surface area contributed by atoms with Gasteiger partial charge in [0.2, 0.25) is 5.78 Å². The maximum absolute atomic E-state index is 12.7. The quantitative estimate of drug-likeness (QED) is 0.467. The van der Waals surface area contributed by atoms with Crippen LogP contribution in [0.3, 0.4) is 0 Å². The number of hydrogen-bond donors (Lipinski definition) is 0. The van der Waals surface area contributed by atoms with E-state index in [1.807, 2.05) is 18.2 Å². The molecule has 1 aliphatic heterocycles. The fourth-order valence-electron chi connectivity index (χ4n) is 2.70. The number of methoxy groups -OCH3 is 2. The lowest BCUT2D eigenvalue weighted by molar-refractivity contribution is -0.138. The van der Waals surface area contributed by atoms with Crippen LogP contribution < -0.4 is 14.2 Å². The Hall–Kier alpha value is -3.12. The number of ether oxygens (including phenoxy) is 4. The standard InChI is InChI=1S/C20H18O6/c1-12-7-15(25-18(21)11-23-2)10-16-19(12)20(22)17(26-16)9-13-5-4-6-14(8-13)24-3/h4-10H,11H2,1-3H3/b17-9-. The lowest BCUT2D eigenvalue weighted by atomic mass is 10.0. The molecule has 26 heavy (non-hydrogen) atoms. The minimum absolute atomic E-state index is 0.156. The third-order valence-corrected chi connectivity index (χ3v) is 3.83. The third kappa shape index (κ3) is 3.60. The molecule has 2 aromatic rings. The molecule has 1 aliphatic rings. The highest BCUT2D eigenvalue weighted by Crippen LogP contribution is 2.37. The summed E-state index contributed by atoms with van der Waals surface area (Å²) in [6.45, 7) is 1.61. The van der Waals surface area contributed by atoms with Crippen LogP contribution in [0.4, 0.5) is 0 Å². The zero-order chi connectivity index (χ0) is 18.7. The van der Waals surface area contributed by atoms with Crippen molar-refractivity contribution in [3.63, 3.8) is 0 Å². The SMILES string of the molecule is COCC(=O)Oc1cc(C)c2c(c1)O/C(=C\c1cccc(OC)c1)C2=O. The van der Waals surface area contributed by atoms with Crippen LogP contribution in [0.2, 0.25) is 0 Å². The predicted octanol–water partition coefficient (Wildman–Crippen LogP) is 3.17. The van der Waals surface area contributed by atoms with Crippen LogP contribution in [-0.4, -0.2) is 32.6 Å². The first-order valence-electron chi connectivity index (χ1n) is 7.94. The lowest BCUT2D eigenvalue weighted by Gasteiger charge is -2.07. The van der Waals surface area contributed by atoms with E-state index < -0.39 is 5.97 Å². The van der Waals surface area contributed by atoms with Crippen LogP contribution in [0, 0.1) is 6.92 Å². The van der Waals surface area contributed by atoms with E-state index in [0.717, 1.165) is 5.56 Å². The molecule has 1 heterocycles. The van der Waals surface area contributed by atoms with Crippen LogP contribution in [0.1, 0.15) is 21.5 Å². The summed E-state index contributed by atoms with van der Waals surface area (Å²) in [4.78, 5) is 24.2. The Labute approximate surface area is 150 Å². The van der Waals surface area contributed by atoms with Crippen molar-refractivity contribution in [3.8, 4) is 17.2 Å². The van der Waals surface area contributed by atoms with Crippen molar-refractivity contribution in [2.75, 3.05) is 20.8 Å². The maximum atomic E-state index is 12.7. The fraction of sp³-hybridized carbons (Fsp3) is 0.200. The number of Topliss-reactive ketones (excluding diaryl/α,β-unsaturated/α-hetero) is 1. The zero-order valence-electron chi connectivity index (χ0n) is 14.7. The van der Waals surface area contributed by atoms with Gasteiger partial charge in [0.05, 0.1) is 12.7 Å². The van der Waals surface area contributed by atoms with Gasteiger partial charge in [-0.15, -0.1) is 0 Å². The molecule has 0 atom stereocenters. The molecular formula is C20H18O6. The first-order chi connectivity index (χ1) is 12.5. The molecule has 0 bridgehead atoms. The van der Waals surface area contributed by atoms with Crippen molar-refractivity contribution in [2.24, 2.45) is 0 Å². The average molecular weight is 354 g/mol. The number of ketones is 1. The number of benzene rings is 2. The van der Waals surface area contributed by atoms with Crippen molar-refractivity contribution >= 4 is 17.8 Å². The van der Waals surface area contributed by atoms with E-state index >= 15 is 0 Å². The summed E-state index contributed by atoms with van der Waals surface area (Å²) in [6.07, 6.45) is 1.65. The fourth-order valence-corrected chi connectivity index (χ4v) is 2.70. The molecule has 0 aliphatic carbocycles. The molecule has 0 fully saturated rings. The zero-order valence-corrected chi connectivity index (χ0v) is 14.7. The summed E-state index contributed by atoms with van der Waals surface area (Å²) in [7, 11) is 2.99. The molecule has 134 valence electrons. The van der Waals surface area contributed by atoms with Crippen molar-refractivity contribution in [1.29, 1.82) is 0 Å². The Bertz CT molecular complexity index is 897. The second-order valence-electron chi connectivity index (χ2n) is 5.74. The molecule has 0 radical (unpaired) electrons. The van der Waals surface area contributed by atoms with E-state index in [4.69, 9.17) is 18.9 Å². The van der Waals surface area contributed by atoms with Crippen molar-refractivity contribution in [2.45, 2.75) is 6.92 Å². The maximum Gasteiger partial charge on any atom is 0.337 e. The highest BCUT2D eigenvalue weighted by atomic mass is 16.6. The molecule has 0 amide bonds. The molecule has 0 unspecified atom stereocenters. The van der Waals surface area contributed by atoms with Gasteiger partial charge in [-0.25, -0.2) is 4.79 Å². The van der Waals surface area contributed by atoms with E-state index in [1.54, 1.807) is 32.2 Å². The number of allylic oxidation sites excluding steroid dienone is 1. The molecule has 3 rings (SSSR count). The first-order valence-corrected chi connectivity index (χ1v) is 7.94. The van der Waals surface area contributed by atoms with Gasteiger partial charge in [-0.2, -0.15) is 0 Å². The van der Waals surface area contributed by atoms with Gasteiger partial charge in [0.15, 0.2) is 5.76 Å². The van der Waals surface area contributed by atoms with E-state index in [2.05, 4.69) is 0 Å². The number of carbonyl (C=O) groups excluding carboxylic acids is 2. The molecule has 0 saturated heterocycles. The van der Waals surface area contributed by atoms with Crippen LogP contribution >= 0.6 is 0 Å². The van der Waals surface area contributed by atoms with Crippen molar-refractivity contribution in [1.82, 2.24) is 0 Å². The Morgan fingerprint density at radius 1 is 1.15 bits per heavy atom. The first kappa shape index (κ1) is 17.7. The number of esters is 1. The van der Waals surface area contributed by atoms with Crippen LogP contribution in [0.5, 0.6) is 17.2 Å². The largest absolute Gasteiger partial charge is 0.497 e. The van der Waals surface area contributed by atoms with Gasteiger partial charge in [-0.1, -0.05) is 12.1 Å². The van der Waals surface area contributed by atoms with Gasteiger partial charge in [0, 0.05) is 13.2 Å². The molecule has 0 saturated carbocycles. The summed E-state index contributed by atoms with van der Waals surface area (Å²) in [6, 6.07) is 10.5. The Balaban J connectivity index is 1.89. The topological polar surface area (TPSA) is 71.1 Å². The normalized spacial score (nSPS) is 14.1. The summed E-state index contributed by atoms with van der Waals surface area (Å²) in [5.74, 6) is 0.823. The molecule has 6 heteroatoms. The van der Waals surface area contributed by atoms with Gasteiger partial charge in [0.25, 0.3) is 0 Å². The van der Waals surface area contributed by atoms with Gasteiger partial charge in [0.1, 0.15) is 23.9 Å². The molecule has 2 aromatic carbocycles. The Morgan fingerprint density at radius 3 is 2.69 bits per heavy atom. The van der Waals surface area contributed by atoms with Crippen molar-refractivity contribution < 1.29 is 28.5 Å². The van der Waals surface area contributed by atoms with Crippen LogP contribution in [0.25, 0.3) is 6.08 Å². The summed E-state index contributed by atoms with van der Waals surface area (Å²) < 4.78 is 20.8. The second-order valence-corrected chi connectivity index (χ2v) is 5.74. The summed E-state index contributed by atoms with van der Waals surface area (Å²) in [5, 5.41) is 0. The average Bonchev–Trinajstić information content (AvgIpc) is 2.91. The van der Waals surface area contributed by atoms with Crippen molar-refractivity contribution in [3.05, 3.63) is 58.8 Å². The van der Waals surface area contributed by atoms with Gasteiger partial charge >= 0.3 is 5.97 Å². The predicted molar refractivity (Wildman–Crippen MR) is 94.6 cm³/mol. The number of carbonyl (C=O) groups is 2. The summed E-state index contributed by atoms with van der Waals surface area (Å²) >= 11 is 0. The van der Waals surface area contributed by atoms with E-state index in [9.17, 15) is 9.59 Å². The summed E-state index contributed by atoms with van der Waals surface area (Å²) in [5.41, 5.74) is 1.91. The highest BCUT2D eigenvalue weighted by molar-refractivity contribution is 6.15. The molecule has 0 N–H and O–H groups in total. The lowest BCUT2D eigenvalue weighted by Crippen LogP contribution is -2.14. The van der Waals surface area contributed by atoms with Gasteiger partial charge in [-0.05, 0) is 42.3 Å². The molecule has 6 nitrogen and oxygen atoms in total. The highest BCUT2D eigenvalue weighted by Gasteiger charge is 2.30. The Morgan fingerprint density at radius 2 is 1.96 bits per heavy atom. The number of hydrogen-bond acceptors (Lipinski definition) is 6. The Kier molecular flexibility index (Phi) is 5.04. The second kappa shape index (κ2) is 7.41. The number of fused-ring (bicyclic) bond motifs is 1. The minimum Gasteiger partial charge on any atom is -0.497 e. The molecule has 0 spiro atoms. The molecular weight excluding hydrogens is 336 g/mol. The smallest absolute Gasteiger partial charge is 0.337 e. The number of rotatable bonds is 5. The van der Waals surface area contributed by atoms with E-state index in [1.165, 1.54) is 13.2 Å². The van der Waals surface area contributed by atoms with Crippen LogP contribution in [0.15, 0.2) is 42.2 Å². The van der Waals surface area contributed by atoms with E-state index in [0.29, 0.717) is 28.4 Å². The molecule has 0 aromatic heterocycles. The third-order valence-electron chi connectivity index (χ3n) is 3.83. The van der Waals surface area contributed by atoms with Gasteiger partial charge in [-0.3, -0.25) is 4.79 Å².